The summed E-state index contributed by atoms with van der Waals surface area (Å²) in [6.45, 7) is 6.71. The molecule has 0 fully saturated rings. The molecule has 0 atom stereocenters. The van der Waals surface area contributed by atoms with Gasteiger partial charge in [0.05, 0.1) is 11.3 Å². The Morgan fingerprint density at radius 1 is 1.11 bits per heavy atom. The average molecular weight is 364 g/mol. The van der Waals surface area contributed by atoms with Crippen LogP contribution in [0.15, 0.2) is 53.1 Å². The number of carbonyl (C=O) groups is 1. The molecule has 0 aliphatic carbocycles. The zero-order valence-electron chi connectivity index (χ0n) is 16.2. The van der Waals surface area contributed by atoms with Gasteiger partial charge in [0.1, 0.15) is 18.1 Å². The molecule has 27 heavy (non-hydrogen) atoms. The van der Waals surface area contributed by atoms with Crippen molar-refractivity contribution >= 4 is 5.91 Å². The first-order valence-electron chi connectivity index (χ1n) is 8.89. The van der Waals surface area contributed by atoms with Crippen LogP contribution in [0.1, 0.15) is 38.5 Å². The van der Waals surface area contributed by atoms with Crippen molar-refractivity contribution in [1.29, 1.82) is 0 Å². The number of hydrogen-bond donors (Lipinski definition) is 0. The number of hydrogen-bond acceptors (Lipinski definition) is 4. The Hall–Kier alpha value is -3.08. The summed E-state index contributed by atoms with van der Waals surface area (Å²) in [5, 5.41) is 3.93. The van der Waals surface area contributed by atoms with Gasteiger partial charge in [-0.1, -0.05) is 41.1 Å². The standard InChI is InChI=1S/C22H24N2O3/c1-15-8-10-18(11-9-15)13-24(4)22(25)19-6-5-7-20(12-19)26-14-21-16(2)23-27-17(21)3/h5-12H,13-14H2,1-4H3. The number of benzene rings is 2. The highest BCUT2D eigenvalue weighted by Gasteiger charge is 2.14. The Bertz CT molecular complexity index is 909. The van der Waals surface area contributed by atoms with Crippen molar-refractivity contribution in [2.24, 2.45) is 0 Å². The number of carbonyl (C=O) groups excluding carboxylic acids is 1. The minimum Gasteiger partial charge on any atom is -0.489 e. The number of amides is 1. The maximum atomic E-state index is 12.8. The third-order valence-corrected chi connectivity index (χ3v) is 4.53. The maximum absolute atomic E-state index is 12.8. The third-order valence-electron chi connectivity index (χ3n) is 4.53. The van der Waals surface area contributed by atoms with E-state index in [0.29, 0.717) is 24.5 Å². The van der Waals surface area contributed by atoms with Gasteiger partial charge in [-0.2, -0.15) is 0 Å². The molecule has 140 valence electrons. The Morgan fingerprint density at radius 2 is 1.85 bits per heavy atom. The fraction of sp³-hybridized carbons (Fsp3) is 0.273. The SMILES string of the molecule is Cc1ccc(CN(C)C(=O)c2cccc(OCc3c(C)noc3C)c2)cc1. The summed E-state index contributed by atoms with van der Waals surface area (Å²) in [7, 11) is 1.81. The number of aromatic nitrogens is 1. The Balaban J connectivity index is 1.66. The fourth-order valence-electron chi connectivity index (χ4n) is 2.84. The summed E-state index contributed by atoms with van der Waals surface area (Å²) in [5.41, 5.74) is 4.65. The van der Waals surface area contributed by atoms with E-state index in [0.717, 1.165) is 22.6 Å². The number of nitrogens with zero attached hydrogens (tertiary/aromatic N) is 2. The van der Waals surface area contributed by atoms with E-state index in [1.165, 1.54) is 5.56 Å². The van der Waals surface area contributed by atoms with Crippen LogP contribution in [0.5, 0.6) is 5.75 Å². The van der Waals surface area contributed by atoms with Gasteiger partial charge in [0.2, 0.25) is 0 Å². The first kappa shape index (κ1) is 18.7. The molecule has 0 radical (unpaired) electrons. The average Bonchev–Trinajstić information content (AvgIpc) is 2.99. The molecule has 0 N–H and O–H groups in total. The molecule has 1 heterocycles. The molecule has 3 rings (SSSR count). The minimum absolute atomic E-state index is 0.0432. The summed E-state index contributed by atoms with van der Waals surface area (Å²) in [5.74, 6) is 1.35. The van der Waals surface area contributed by atoms with Crippen LogP contribution < -0.4 is 4.74 Å². The Labute approximate surface area is 159 Å². The van der Waals surface area contributed by atoms with Crippen LogP contribution >= 0.6 is 0 Å². The summed E-state index contributed by atoms with van der Waals surface area (Å²) in [4.78, 5) is 14.5. The van der Waals surface area contributed by atoms with Gasteiger partial charge in [0.15, 0.2) is 0 Å². The van der Waals surface area contributed by atoms with E-state index in [2.05, 4.69) is 17.3 Å². The summed E-state index contributed by atoms with van der Waals surface area (Å²) in [6, 6.07) is 15.4. The van der Waals surface area contributed by atoms with Crippen LogP contribution in [0.4, 0.5) is 0 Å². The van der Waals surface area contributed by atoms with Crippen molar-refractivity contribution in [1.82, 2.24) is 10.1 Å². The molecule has 0 saturated carbocycles. The van der Waals surface area contributed by atoms with Gasteiger partial charge < -0.3 is 14.2 Å². The Kier molecular flexibility index (Phi) is 5.60. The molecule has 0 bridgehead atoms. The zero-order valence-corrected chi connectivity index (χ0v) is 16.2. The van der Waals surface area contributed by atoms with Gasteiger partial charge in [-0.3, -0.25) is 4.79 Å². The van der Waals surface area contributed by atoms with Crippen molar-refractivity contribution in [3.05, 3.63) is 82.2 Å². The first-order chi connectivity index (χ1) is 12.9. The van der Waals surface area contributed by atoms with Gasteiger partial charge in [-0.15, -0.1) is 0 Å². The van der Waals surface area contributed by atoms with E-state index in [1.54, 1.807) is 24.1 Å². The number of rotatable bonds is 6. The second-order valence-electron chi connectivity index (χ2n) is 6.77. The molecular formula is C22H24N2O3. The highest BCUT2D eigenvalue weighted by Crippen LogP contribution is 2.19. The highest BCUT2D eigenvalue weighted by molar-refractivity contribution is 5.94. The van der Waals surface area contributed by atoms with Gasteiger partial charge in [-0.25, -0.2) is 0 Å². The monoisotopic (exact) mass is 364 g/mol. The molecule has 1 amide bonds. The first-order valence-corrected chi connectivity index (χ1v) is 8.89. The highest BCUT2D eigenvalue weighted by atomic mass is 16.5. The molecule has 2 aromatic carbocycles. The Morgan fingerprint density at radius 3 is 2.52 bits per heavy atom. The molecule has 0 aliphatic heterocycles. The second kappa shape index (κ2) is 8.08. The lowest BCUT2D eigenvalue weighted by Crippen LogP contribution is -2.26. The topological polar surface area (TPSA) is 55.6 Å². The van der Waals surface area contributed by atoms with E-state index < -0.39 is 0 Å². The number of ether oxygens (including phenoxy) is 1. The normalized spacial score (nSPS) is 10.7. The van der Waals surface area contributed by atoms with E-state index in [1.807, 2.05) is 45.0 Å². The lowest BCUT2D eigenvalue weighted by molar-refractivity contribution is 0.0784. The minimum atomic E-state index is -0.0432. The van der Waals surface area contributed by atoms with Crippen LogP contribution in [-0.2, 0) is 13.2 Å². The molecule has 1 aromatic heterocycles. The van der Waals surface area contributed by atoms with Crippen LogP contribution in [-0.4, -0.2) is 23.0 Å². The van der Waals surface area contributed by atoms with Gasteiger partial charge >= 0.3 is 0 Å². The predicted molar refractivity (Wildman–Crippen MR) is 104 cm³/mol. The lowest BCUT2D eigenvalue weighted by Gasteiger charge is -2.18. The van der Waals surface area contributed by atoms with Crippen LogP contribution in [0, 0.1) is 20.8 Å². The van der Waals surface area contributed by atoms with Crippen molar-refractivity contribution in [3.8, 4) is 5.75 Å². The van der Waals surface area contributed by atoms with E-state index in [9.17, 15) is 4.79 Å². The summed E-state index contributed by atoms with van der Waals surface area (Å²) in [6.07, 6.45) is 0. The molecule has 0 saturated heterocycles. The number of aryl methyl sites for hydroxylation is 3. The van der Waals surface area contributed by atoms with Crippen LogP contribution in [0.25, 0.3) is 0 Å². The van der Waals surface area contributed by atoms with Crippen molar-refractivity contribution in [2.75, 3.05) is 7.05 Å². The van der Waals surface area contributed by atoms with Gasteiger partial charge in [0.25, 0.3) is 5.91 Å². The van der Waals surface area contributed by atoms with E-state index in [4.69, 9.17) is 9.26 Å². The summed E-state index contributed by atoms with van der Waals surface area (Å²) >= 11 is 0. The maximum Gasteiger partial charge on any atom is 0.254 e. The smallest absolute Gasteiger partial charge is 0.254 e. The molecule has 0 unspecified atom stereocenters. The quantitative estimate of drug-likeness (QED) is 0.648. The zero-order chi connectivity index (χ0) is 19.4. The van der Waals surface area contributed by atoms with E-state index in [-0.39, 0.29) is 5.91 Å². The predicted octanol–water partition coefficient (Wildman–Crippen LogP) is 4.45. The molecule has 5 heteroatoms. The van der Waals surface area contributed by atoms with E-state index >= 15 is 0 Å². The largest absolute Gasteiger partial charge is 0.489 e. The molecular weight excluding hydrogens is 340 g/mol. The van der Waals surface area contributed by atoms with Crippen LogP contribution in [0.3, 0.4) is 0 Å². The van der Waals surface area contributed by atoms with Gasteiger partial charge in [0, 0.05) is 19.2 Å². The van der Waals surface area contributed by atoms with Crippen LogP contribution in [0.2, 0.25) is 0 Å². The van der Waals surface area contributed by atoms with Crippen molar-refractivity contribution < 1.29 is 14.1 Å². The molecule has 0 spiro atoms. The third kappa shape index (κ3) is 4.56. The summed E-state index contributed by atoms with van der Waals surface area (Å²) < 4.78 is 11.0. The molecule has 0 aliphatic rings. The lowest BCUT2D eigenvalue weighted by atomic mass is 10.1. The van der Waals surface area contributed by atoms with Gasteiger partial charge in [-0.05, 0) is 44.5 Å². The second-order valence-corrected chi connectivity index (χ2v) is 6.77. The van der Waals surface area contributed by atoms with Crippen molar-refractivity contribution in [3.63, 3.8) is 0 Å². The molecule has 3 aromatic rings. The molecule has 5 nitrogen and oxygen atoms in total. The van der Waals surface area contributed by atoms with Crippen molar-refractivity contribution in [2.45, 2.75) is 33.9 Å². The fourth-order valence-corrected chi connectivity index (χ4v) is 2.84.